The Hall–Kier alpha value is -1.72. The Kier molecular flexibility index (Phi) is 2.68. The summed E-state index contributed by atoms with van der Waals surface area (Å²) in [6.07, 6.45) is 6.04. The summed E-state index contributed by atoms with van der Waals surface area (Å²) in [5, 5.41) is 15.7. The molecule has 0 aliphatic rings. The summed E-state index contributed by atoms with van der Waals surface area (Å²) < 4.78 is 4.22. The van der Waals surface area contributed by atoms with Gasteiger partial charge in [0.1, 0.15) is 6.26 Å². The lowest BCUT2D eigenvalue weighted by atomic mass is 11.0. The van der Waals surface area contributed by atoms with Crippen molar-refractivity contribution in [2.45, 2.75) is 0 Å². The third-order valence-electron chi connectivity index (χ3n) is 0.614. The van der Waals surface area contributed by atoms with Gasteiger partial charge in [-0.1, -0.05) is 0 Å². The van der Waals surface area contributed by atoms with Gasteiger partial charge in [-0.3, -0.25) is 0 Å². The molecule has 0 amide bonds. The van der Waals surface area contributed by atoms with Gasteiger partial charge in [0.05, 0.1) is 18.6 Å². The van der Waals surface area contributed by atoms with E-state index in [1.54, 1.807) is 12.4 Å². The van der Waals surface area contributed by atoms with Crippen LogP contribution in [-0.2, 0) is 0 Å². The normalized spacial score (nSPS) is 8.00. The van der Waals surface area contributed by atoms with Crippen molar-refractivity contribution < 1.29 is 4.52 Å². The van der Waals surface area contributed by atoms with Crippen LogP contribution in [-0.4, -0.2) is 25.8 Å². The first-order valence-electron chi connectivity index (χ1n) is 2.51. The van der Waals surface area contributed by atoms with Crippen LogP contribution >= 0.6 is 0 Å². The predicted octanol–water partition coefficient (Wildman–Crippen LogP) is -0.126. The van der Waals surface area contributed by atoms with E-state index in [2.05, 4.69) is 30.3 Å². The summed E-state index contributed by atoms with van der Waals surface area (Å²) in [6.45, 7) is 0. The minimum Gasteiger partial charge on any atom is -0.346 e. The number of aromatic nitrogens is 5. The number of rotatable bonds is 0. The largest absolute Gasteiger partial charge is 0.346 e. The minimum absolute atomic E-state index is 1.40. The zero-order valence-corrected chi connectivity index (χ0v) is 5.01. The molecule has 0 radical (unpaired) electrons. The van der Waals surface area contributed by atoms with Crippen molar-refractivity contribution in [2.24, 2.45) is 0 Å². The van der Waals surface area contributed by atoms with Crippen LogP contribution in [0.25, 0.3) is 0 Å². The molecule has 0 aromatic carbocycles. The molecule has 0 aliphatic carbocycles. The average molecular weight is 139 g/mol. The van der Waals surface area contributed by atoms with Crippen molar-refractivity contribution in [3.63, 3.8) is 0 Å². The summed E-state index contributed by atoms with van der Waals surface area (Å²) >= 11 is 0. The molecule has 1 N–H and O–H groups in total. The minimum atomic E-state index is 1.40. The molecule has 2 aromatic rings. The van der Waals surface area contributed by atoms with Gasteiger partial charge in [-0.25, -0.2) is 0 Å². The van der Waals surface area contributed by atoms with Crippen LogP contribution < -0.4 is 0 Å². The Morgan fingerprint density at radius 3 is 2.10 bits per heavy atom. The van der Waals surface area contributed by atoms with Crippen LogP contribution in [0.15, 0.2) is 29.4 Å². The van der Waals surface area contributed by atoms with Crippen LogP contribution in [0.4, 0.5) is 0 Å². The first-order chi connectivity index (χ1) is 5.00. The van der Waals surface area contributed by atoms with Gasteiger partial charge in [0.15, 0.2) is 0 Å². The van der Waals surface area contributed by atoms with Crippen LogP contribution in [0.2, 0.25) is 0 Å². The van der Waals surface area contributed by atoms with Crippen molar-refractivity contribution in [3.05, 3.63) is 24.9 Å². The first-order valence-corrected chi connectivity index (χ1v) is 2.51. The Morgan fingerprint density at radius 1 is 1.10 bits per heavy atom. The third kappa shape index (κ3) is 2.55. The lowest BCUT2D eigenvalue weighted by molar-refractivity contribution is 0.393. The molecular formula is C4H5N5O. The molecule has 6 heteroatoms. The number of hydrogen-bond donors (Lipinski definition) is 1. The van der Waals surface area contributed by atoms with E-state index < -0.39 is 0 Å². The molecule has 2 rings (SSSR count). The van der Waals surface area contributed by atoms with Crippen LogP contribution in [0.5, 0.6) is 0 Å². The van der Waals surface area contributed by atoms with E-state index in [1.807, 2.05) is 0 Å². The maximum atomic E-state index is 4.22. The second-order valence-electron chi connectivity index (χ2n) is 1.24. The topological polar surface area (TPSA) is 80.5 Å². The molecule has 0 saturated carbocycles. The molecule has 0 spiro atoms. The quantitative estimate of drug-likeness (QED) is 0.550. The summed E-state index contributed by atoms with van der Waals surface area (Å²) in [6, 6.07) is 0. The summed E-state index contributed by atoms with van der Waals surface area (Å²) in [4.78, 5) is 0. The highest BCUT2D eigenvalue weighted by Gasteiger charge is 1.61. The molecule has 2 heterocycles. The molecule has 0 atom stereocenters. The van der Waals surface area contributed by atoms with Gasteiger partial charge in [0.2, 0.25) is 0 Å². The number of aromatic amines is 1. The van der Waals surface area contributed by atoms with Crippen molar-refractivity contribution in [3.8, 4) is 0 Å². The summed E-state index contributed by atoms with van der Waals surface area (Å²) in [5.41, 5.74) is 0. The Morgan fingerprint density at radius 2 is 1.90 bits per heavy atom. The van der Waals surface area contributed by atoms with E-state index in [1.165, 1.54) is 12.5 Å². The Labute approximate surface area is 56.2 Å². The zero-order valence-electron chi connectivity index (χ0n) is 5.01. The fraction of sp³-hybridized carbons (Fsp3) is 0. The second kappa shape index (κ2) is 4.19. The molecule has 0 unspecified atom stereocenters. The van der Waals surface area contributed by atoms with E-state index in [9.17, 15) is 0 Å². The molecule has 0 fully saturated rings. The van der Waals surface area contributed by atoms with Crippen LogP contribution in [0, 0.1) is 0 Å². The Bertz CT molecular complexity index is 153. The molecule has 0 saturated heterocycles. The number of hydrogen-bond acceptors (Lipinski definition) is 5. The zero-order chi connectivity index (χ0) is 7.07. The smallest absolute Gasteiger partial charge is 0.144 e. The van der Waals surface area contributed by atoms with Gasteiger partial charge in [0.25, 0.3) is 0 Å². The molecule has 0 aliphatic heterocycles. The fourth-order valence-corrected chi connectivity index (χ4v) is 0.303. The van der Waals surface area contributed by atoms with Crippen molar-refractivity contribution in [1.82, 2.24) is 25.8 Å². The highest BCUT2D eigenvalue weighted by molar-refractivity contribution is 4.54. The van der Waals surface area contributed by atoms with E-state index in [4.69, 9.17) is 0 Å². The Balaban J connectivity index is 0.0000001000. The number of nitrogens with one attached hydrogen (secondary N) is 1. The third-order valence-corrected chi connectivity index (χ3v) is 0.614. The first kappa shape index (κ1) is 6.40. The van der Waals surface area contributed by atoms with E-state index in [0.29, 0.717) is 0 Å². The standard InChI is InChI=1S/C2H3N3.C2H2N2O/c1-2-4-5-3-1;1-2-5-4-3-1/h1-2H,(H,3,4,5);1-2H. The van der Waals surface area contributed by atoms with Crippen LogP contribution in [0.3, 0.4) is 0 Å². The molecule has 6 nitrogen and oxygen atoms in total. The van der Waals surface area contributed by atoms with Gasteiger partial charge >= 0.3 is 0 Å². The van der Waals surface area contributed by atoms with Gasteiger partial charge in [-0.15, -0.1) is 5.10 Å². The highest BCUT2D eigenvalue weighted by Crippen LogP contribution is 1.64. The van der Waals surface area contributed by atoms with Gasteiger partial charge in [-0.05, 0) is 0 Å². The van der Waals surface area contributed by atoms with Gasteiger partial charge in [-0.2, -0.15) is 15.4 Å². The SMILES string of the molecule is c1cn[nH]n1.c1conn1. The fourth-order valence-electron chi connectivity index (χ4n) is 0.303. The molecular weight excluding hydrogens is 134 g/mol. The summed E-state index contributed by atoms with van der Waals surface area (Å²) in [5.74, 6) is 0. The lowest BCUT2D eigenvalue weighted by Gasteiger charge is -1.48. The molecule has 0 bridgehead atoms. The van der Waals surface area contributed by atoms with Crippen molar-refractivity contribution in [2.75, 3.05) is 0 Å². The number of H-pyrrole nitrogens is 1. The van der Waals surface area contributed by atoms with Crippen molar-refractivity contribution >= 4 is 0 Å². The van der Waals surface area contributed by atoms with E-state index in [0.717, 1.165) is 0 Å². The highest BCUT2D eigenvalue weighted by atomic mass is 16.5. The lowest BCUT2D eigenvalue weighted by Crippen LogP contribution is -1.61. The maximum Gasteiger partial charge on any atom is 0.144 e. The maximum absolute atomic E-state index is 4.22. The van der Waals surface area contributed by atoms with Gasteiger partial charge < -0.3 is 4.52 Å². The average Bonchev–Trinajstić information content (AvgIpc) is 2.67. The van der Waals surface area contributed by atoms with E-state index >= 15 is 0 Å². The van der Waals surface area contributed by atoms with Gasteiger partial charge in [0, 0.05) is 5.27 Å². The molecule has 52 valence electrons. The van der Waals surface area contributed by atoms with Crippen LogP contribution in [0.1, 0.15) is 0 Å². The monoisotopic (exact) mass is 139 g/mol. The molecule has 10 heavy (non-hydrogen) atoms. The van der Waals surface area contributed by atoms with Crippen molar-refractivity contribution in [1.29, 1.82) is 0 Å². The number of nitrogens with zero attached hydrogens (tertiary/aromatic N) is 4. The predicted molar refractivity (Wildman–Crippen MR) is 30.7 cm³/mol. The second-order valence-corrected chi connectivity index (χ2v) is 1.24. The summed E-state index contributed by atoms with van der Waals surface area (Å²) in [7, 11) is 0. The van der Waals surface area contributed by atoms with E-state index in [-0.39, 0.29) is 0 Å². The molecule has 2 aromatic heterocycles.